The third-order valence-corrected chi connectivity index (χ3v) is 11.0. The summed E-state index contributed by atoms with van der Waals surface area (Å²) in [4.78, 5) is 0. The number of hydrogen-bond donors (Lipinski definition) is 0. The van der Waals surface area contributed by atoms with Crippen molar-refractivity contribution in [2.24, 2.45) is 0 Å². The molecule has 0 fully saturated rings. The van der Waals surface area contributed by atoms with E-state index in [1.54, 1.807) is 0 Å². The Kier molecular flexibility index (Phi) is 8.06. The third kappa shape index (κ3) is 5.63. The van der Waals surface area contributed by atoms with E-state index in [0.717, 1.165) is 0 Å². The summed E-state index contributed by atoms with van der Waals surface area (Å²) in [5.41, 5.74) is 0.918. The first kappa shape index (κ1) is 22.7. The standard InChI is InChI=1S/C30H30P2/c1-25(31(27-15-7-3-8-16-27)28-17-9-4-10-18-28)23-24-26(2)32(29-19-11-5-12-20-29)30-21-13-6-14-22-30/h3-26H,1-2H3/t25-,26-/m1/s1. The topological polar surface area (TPSA) is 0 Å². The first-order valence-electron chi connectivity index (χ1n) is 11.2. The Morgan fingerprint density at radius 1 is 0.406 bits per heavy atom. The highest BCUT2D eigenvalue weighted by Gasteiger charge is 2.21. The fourth-order valence-corrected chi connectivity index (χ4v) is 9.08. The van der Waals surface area contributed by atoms with Gasteiger partial charge in [-0.05, 0) is 37.1 Å². The van der Waals surface area contributed by atoms with Gasteiger partial charge in [-0.3, -0.25) is 0 Å². The van der Waals surface area contributed by atoms with Crippen molar-refractivity contribution in [3.05, 3.63) is 133 Å². The van der Waals surface area contributed by atoms with Crippen molar-refractivity contribution >= 4 is 37.1 Å². The molecule has 0 aliphatic rings. The summed E-state index contributed by atoms with van der Waals surface area (Å²) < 4.78 is 0. The van der Waals surface area contributed by atoms with Gasteiger partial charge >= 0.3 is 0 Å². The van der Waals surface area contributed by atoms with Crippen LogP contribution in [0.25, 0.3) is 0 Å². The third-order valence-electron chi connectivity index (χ3n) is 5.62. The summed E-state index contributed by atoms with van der Waals surface area (Å²) in [5, 5.41) is 5.75. The van der Waals surface area contributed by atoms with Gasteiger partial charge in [0, 0.05) is 11.3 Å². The molecule has 4 aromatic rings. The minimum absolute atomic E-state index is 0.450. The van der Waals surface area contributed by atoms with E-state index in [0.29, 0.717) is 11.3 Å². The average Bonchev–Trinajstić information content (AvgIpc) is 2.86. The Morgan fingerprint density at radius 3 is 0.844 bits per heavy atom. The molecule has 0 N–H and O–H groups in total. The summed E-state index contributed by atoms with van der Waals surface area (Å²) in [5.74, 6) is 0. The molecule has 0 spiro atoms. The Labute approximate surface area is 195 Å². The summed E-state index contributed by atoms with van der Waals surface area (Å²) >= 11 is 0. The number of allylic oxidation sites excluding steroid dienone is 2. The first-order chi connectivity index (χ1) is 15.7. The highest BCUT2D eigenvalue weighted by Crippen LogP contribution is 2.43. The molecule has 0 radical (unpaired) electrons. The monoisotopic (exact) mass is 452 g/mol. The predicted molar refractivity (Wildman–Crippen MR) is 146 cm³/mol. The van der Waals surface area contributed by atoms with Gasteiger partial charge in [0.05, 0.1) is 0 Å². The van der Waals surface area contributed by atoms with Gasteiger partial charge in [0.25, 0.3) is 0 Å². The van der Waals surface area contributed by atoms with Crippen LogP contribution in [0.3, 0.4) is 0 Å². The van der Waals surface area contributed by atoms with Gasteiger partial charge in [0.15, 0.2) is 0 Å². The Bertz CT molecular complexity index is 923. The molecule has 160 valence electrons. The minimum Gasteiger partial charge on any atom is -0.0801 e. The molecule has 0 amide bonds. The van der Waals surface area contributed by atoms with Crippen molar-refractivity contribution in [2.75, 3.05) is 0 Å². The molecular formula is C30H30P2. The van der Waals surface area contributed by atoms with Crippen LogP contribution in [0.2, 0.25) is 0 Å². The molecule has 4 aromatic carbocycles. The molecule has 0 bridgehead atoms. The zero-order chi connectivity index (χ0) is 22.2. The van der Waals surface area contributed by atoms with Crippen molar-refractivity contribution < 1.29 is 0 Å². The molecule has 2 atom stereocenters. The first-order valence-corrected chi connectivity index (χ1v) is 14.0. The second-order valence-electron chi connectivity index (χ2n) is 7.95. The quantitative estimate of drug-likeness (QED) is 0.209. The molecule has 2 heteroatoms. The van der Waals surface area contributed by atoms with Crippen LogP contribution in [0.1, 0.15) is 13.8 Å². The van der Waals surface area contributed by atoms with Crippen molar-refractivity contribution in [1.82, 2.24) is 0 Å². The number of rotatable bonds is 8. The normalized spacial score (nSPS) is 13.5. The largest absolute Gasteiger partial charge is 0.0801 e. The van der Waals surface area contributed by atoms with Crippen molar-refractivity contribution in [3.8, 4) is 0 Å². The van der Waals surface area contributed by atoms with Gasteiger partial charge in [-0.1, -0.05) is 147 Å². The maximum absolute atomic E-state index is 2.47. The molecule has 0 saturated carbocycles. The summed E-state index contributed by atoms with van der Waals surface area (Å²) in [6.45, 7) is 4.75. The van der Waals surface area contributed by atoms with Gasteiger partial charge in [-0.2, -0.15) is 0 Å². The molecule has 0 nitrogen and oxygen atoms in total. The van der Waals surface area contributed by atoms with E-state index >= 15 is 0 Å². The van der Waals surface area contributed by atoms with Crippen LogP contribution in [0, 0.1) is 0 Å². The van der Waals surface area contributed by atoms with Crippen molar-refractivity contribution in [3.63, 3.8) is 0 Å². The smallest absolute Gasteiger partial charge is 0.00225 e. The van der Waals surface area contributed by atoms with Gasteiger partial charge in [-0.25, -0.2) is 0 Å². The predicted octanol–water partition coefficient (Wildman–Crippen LogP) is 6.59. The Hall–Kier alpha value is -2.52. The zero-order valence-corrected chi connectivity index (χ0v) is 20.5. The van der Waals surface area contributed by atoms with E-state index in [1.165, 1.54) is 21.2 Å². The average molecular weight is 453 g/mol. The molecule has 0 heterocycles. The van der Waals surface area contributed by atoms with Crippen LogP contribution in [0.5, 0.6) is 0 Å². The minimum atomic E-state index is -0.450. The van der Waals surface area contributed by atoms with E-state index in [2.05, 4.69) is 147 Å². The van der Waals surface area contributed by atoms with E-state index < -0.39 is 15.8 Å². The molecule has 0 aliphatic carbocycles. The van der Waals surface area contributed by atoms with Crippen LogP contribution in [-0.4, -0.2) is 11.3 Å². The lowest BCUT2D eigenvalue weighted by molar-refractivity contribution is 1.17. The second kappa shape index (κ2) is 11.4. The van der Waals surface area contributed by atoms with Gasteiger partial charge in [0.2, 0.25) is 0 Å². The van der Waals surface area contributed by atoms with Crippen LogP contribution in [0.15, 0.2) is 133 Å². The second-order valence-corrected chi connectivity index (χ2v) is 13.1. The van der Waals surface area contributed by atoms with Gasteiger partial charge < -0.3 is 0 Å². The van der Waals surface area contributed by atoms with E-state index in [1.807, 2.05) is 0 Å². The molecule has 32 heavy (non-hydrogen) atoms. The van der Waals surface area contributed by atoms with Crippen LogP contribution >= 0.6 is 15.8 Å². The summed E-state index contributed by atoms with van der Waals surface area (Å²) in [7, 11) is -0.900. The van der Waals surface area contributed by atoms with Crippen LogP contribution < -0.4 is 21.2 Å². The summed E-state index contributed by atoms with van der Waals surface area (Å²) in [6.07, 6.45) is 4.94. The van der Waals surface area contributed by atoms with Gasteiger partial charge in [0.1, 0.15) is 0 Å². The lowest BCUT2D eigenvalue weighted by Crippen LogP contribution is -2.20. The summed E-state index contributed by atoms with van der Waals surface area (Å²) in [6, 6.07) is 44.0. The maximum Gasteiger partial charge on any atom is 0.00225 e. The SMILES string of the molecule is C[C@H](C=C[C@@H](C)P(c1ccccc1)c1ccccc1)P(c1ccccc1)c1ccccc1. The van der Waals surface area contributed by atoms with E-state index in [-0.39, 0.29) is 0 Å². The molecule has 0 unspecified atom stereocenters. The molecule has 0 aromatic heterocycles. The lowest BCUT2D eigenvalue weighted by atomic mass is 10.3. The van der Waals surface area contributed by atoms with Crippen LogP contribution in [0.4, 0.5) is 0 Å². The fraction of sp³-hybridized carbons (Fsp3) is 0.133. The molecule has 0 aliphatic heterocycles. The zero-order valence-electron chi connectivity index (χ0n) is 18.8. The molecular weight excluding hydrogens is 422 g/mol. The maximum atomic E-state index is 2.47. The van der Waals surface area contributed by atoms with Crippen LogP contribution in [-0.2, 0) is 0 Å². The lowest BCUT2D eigenvalue weighted by Gasteiger charge is -2.26. The van der Waals surface area contributed by atoms with Gasteiger partial charge in [-0.15, -0.1) is 0 Å². The van der Waals surface area contributed by atoms with Crippen molar-refractivity contribution in [1.29, 1.82) is 0 Å². The Morgan fingerprint density at radius 2 is 0.625 bits per heavy atom. The fourth-order valence-electron chi connectivity index (χ4n) is 4.09. The van der Waals surface area contributed by atoms with E-state index in [4.69, 9.17) is 0 Å². The highest BCUT2D eigenvalue weighted by atomic mass is 31.1. The van der Waals surface area contributed by atoms with E-state index in [9.17, 15) is 0 Å². The number of benzene rings is 4. The number of hydrogen-bond acceptors (Lipinski definition) is 0. The molecule has 0 saturated heterocycles. The highest BCUT2D eigenvalue weighted by molar-refractivity contribution is 7.74. The molecule has 4 rings (SSSR count). The Balaban J connectivity index is 1.63. The van der Waals surface area contributed by atoms with Crippen molar-refractivity contribution in [2.45, 2.75) is 25.2 Å².